The molecule has 142 valence electrons. The van der Waals surface area contributed by atoms with E-state index >= 15 is 0 Å². The highest BCUT2D eigenvalue weighted by Crippen LogP contribution is 2.33. The average molecular weight is 374 g/mol. The molecule has 0 bridgehead atoms. The predicted octanol–water partition coefficient (Wildman–Crippen LogP) is 4.20. The van der Waals surface area contributed by atoms with Gasteiger partial charge in [-0.2, -0.15) is 5.26 Å². The summed E-state index contributed by atoms with van der Waals surface area (Å²) in [6.45, 7) is 8.64. The van der Waals surface area contributed by atoms with E-state index in [4.69, 9.17) is 10.00 Å². The lowest BCUT2D eigenvalue weighted by Gasteiger charge is -2.14. The molecule has 0 aromatic heterocycles. The molecule has 0 fully saturated rings. The monoisotopic (exact) mass is 374 g/mol. The van der Waals surface area contributed by atoms with Crippen LogP contribution in [0.5, 0.6) is 0 Å². The molecule has 0 unspecified atom stereocenters. The smallest absolute Gasteiger partial charge is 0.338 e. The average Bonchev–Trinajstić information content (AvgIpc) is 3.01. The van der Waals surface area contributed by atoms with Gasteiger partial charge in [0.1, 0.15) is 0 Å². The molecule has 0 atom stereocenters. The van der Waals surface area contributed by atoms with Crippen LogP contribution in [0.4, 0.5) is 0 Å². The Balaban J connectivity index is 1.90. The van der Waals surface area contributed by atoms with Gasteiger partial charge >= 0.3 is 5.97 Å². The van der Waals surface area contributed by atoms with Gasteiger partial charge in [0, 0.05) is 17.7 Å². The Kier molecular flexibility index (Phi) is 5.60. The quantitative estimate of drug-likeness (QED) is 0.561. The molecule has 1 aliphatic rings. The summed E-state index contributed by atoms with van der Waals surface area (Å²) in [5.74, 6) is -0.198. The van der Waals surface area contributed by atoms with Gasteiger partial charge in [-0.05, 0) is 40.8 Å². The molecule has 3 rings (SSSR count). The van der Waals surface area contributed by atoms with Gasteiger partial charge in [-0.15, -0.1) is 0 Å². The topological polar surface area (TPSA) is 70.4 Å². The third kappa shape index (κ3) is 3.96. The number of carbonyl (C=O) groups is 2. The second kappa shape index (κ2) is 8.10. The van der Waals surface area contributed by atoms with Crippen molar-refractivity contribution in [1.29, 1.82) is 5.26 Å². The van der Waals surface area contributed by atoms with Crippen molar-refractivity contribution in [2.45, 2.75) is 20.4 Å². The normalized spacial score (nSPS) is 12.6. The molecule has 1 amide bonds. The van der Waals surface area contributed by atoms with Crippen molar-refractivity contribution in [3.63, 3.8) is 0 Å². The van der Waals surface area contributed by atoms with Crippen LogP contribution in [0.1, 0.15) is 40.1 Å². The summed E-state index contributed by atoms with van der Waals surface area (Å²) in [4.78, 5) is 26.6. The molecular weight excluding hydrogens is 352 g/mol. The van der Waals surface area contributed by atoms with E-state index in [1.54, 1.807) is 23.1 Å². The van der Waals surface area contributed by atoms with Crippen LogP contribution in [0.15, 0.2) is 54.6 Å². The molecule has 2 aromatic rings. The lowest BCUT2D eigenvalue weighted by molar-refractivity contribution is 0.0459. The van der Waals surface area contributed by atoms with Gasteiger partial charge in [-0.1, -0.05) is 44.7 Å². The standard InChI is InChI=1S/C23H22N2O3/c1-15(2)14-28-23(27)18-7-4-6-17(10-18)19-8-5-9-20-21(19)13-25(22(20)26)12-16(3)11-24/h4-10,15H,3,12-14H2,1-2H3. The van der Waals surface area contributed by atoms with Crippen LogP contribution in [-0.2, 0) is 11.3 Å². The third-order valence-electron chi connectivity index (χ3n) is 4.54. The highest BCUT2D eigenvalue weighted by Gasteiger charge is 2.29. The fraction of sp³-hybridized carbons (Fsp3) is 0.261. The molecule has 0 spiro atoms. The first-order valence-electron chi connectivity index (χ1n) is 9.17. The molecule has 5 nitrogen and oxygen atoms in total. The Hall–Kier alpha value is -3.39. The lowest BCUT2D eigenvalue weighted by Crippen LogP contribution is -2.25. The Bertz CT molecular complexity index is 986. The van der Waals surface area contributed by atoms with Crippen molar-refractivity contribution in [3.8, 4) is 17.2 Å². The fourth-order valence-corrected chi connectivity index (χ4v) is 3.19. The van der Waals surface area contributed by atoms with E-state index in [0.29, 0.717) is 29.9 Å². The summed E-state index contributed by atoms with van der Waals surface area (Å²) < 4.78 is 5.32. The van der Waals surface area contributed by atoms with Crippen LogP contribution < -0.4 is 0 Å². The zero-order valence-electron chi connectivity index (χ0n) is 16.1. The summed E-state index contributed by atoms with van der Waals surface area (Å²) in [6, 6.07) is 14.8. The SMILES string of the molecule is C=C(C#N)CN1Cc2c(cccc2-c2cccc(C(=O)OCC(C)C)c2)C1=O. The van der Waals surface area contributed by atoms with Crippen LogP contribution in [0, 0.1) is 17.2 Å². The molecule has 1 aliphatic heterocycles. The number of nitriles is 1. The Labute approximate surface area is 164 Å². The van der Waals surface area contributed by atoms with Crippen LogP contribution >= 0.6 is 0 Å². The summed E-state index contributed by atoms with van der Waals surface area (Å²) >= 11 is 0. The maximum atomic E-state index is 12.7. The van der Waals surface area contributed by atoms with Crippen molar-refractivity contribution in [1.82, 2.24) is 4.90 Å². The maximum absolute atomic E-state index is 12.7. The van der Waals surface area contributed by atoms with Crippen LogP contribution in [0.2, 0.25) is 0 Å². The second-order valence-electron chi connectivity index (χ2n) is 7.28. The molecule has 5 heteroatoms. The molecule has 28 heavy (non-hydrogen) atoms. The zero-order chi connectivity index (χ0) is 20.3. The van der Waals surface area contributed by atoms with Crippen molar-refractivity contribution < 1.29 is 14.3 Å². The molecule has 0 radical (unpaired) electrons. The van der Waals surface area contributed by atoms with E-state index in [2.05, 4.69) is 6.58 Å². The number of nitrogens with zero attached hydrogens (tertiary/aromatic N) is 2. The van der Waals surface area contributed by atoms with Crippen molar-refractivity contribution in [3.05, 3.63) is 71.3 Å². The van der Waals surface area contributed by atoms with E-state index in [1.165, 1.54) is 0 Å². The molecule has 0 saturated heterocycles. The van der Waals surface area contributed by atoms with Crippen molar-refractivity contribution >= 4 is 11.9 Å². The Morgan fingerprint density at radius 1 is 1.25 bits per heavy atom. The Morgan fingerprint density at radius 3 is 2.68 bits per heavy atom. The highest BCUT2D eigenvalue weighted by atomic mass is 16.5. The predicted molar refractivity (Wildman–Crippen MR) is 106 cm³/mol. The number of ether oxygens (including phenoxy) is 1. The fourth-order valence-electron chi connectivity index (χ4n) is 3.19. The van der Waals surface area contributed by atoms with Crippen LogP contribution in [-0.4, -0.2) is 29.9 Å². The highest BCUT2D eigenvalue weighted by molar-refractivity contribution is 6.01. The number of amides is 1. The minimum Gasteiger partial charge on any atom is -0.462 e. The first-order valence-corrected chi connectivity index (χ1v) is 9.17. The zero-order valence-corrected chi connectivity index (χ0v) is 16.1. The van der Waals surface area contributed by atoms with Gasteiger partial charge in [0.05, 0.1) is 24.8 Å². The van der Waals surface area contributed by atoms with Gasteiger partial charge in [-0.3, -0.25) is 4.79 Å². The second-order valence-corrected chi connectivity index (χ2v) is 7.28. The first kappa shape index (κ1) is 19.4. The molecular formula is C23H22N2O3. The van der Waals surface area contributed by atoms with E-state index in [9.17, 15) is 9.59 Å². The lowest BCUT2D eigenvalue weighted by atomic mass is 9.96. The van der Waals surface area contributed by atoms with Gasteiger partial charge in [0.2, 0.25) is 0 Å². The first-order chi connectivity index (χ1) is 13.4. The molecule has 2 aromatic carbocycles. The summed E-state index contributed by atoms with van der Waals surface area (Å²) in [5.41, 5.74) is 4.09. The summed E-state index contributed by atoms with van der Waals surface area (Å²) in [6.07, 6.45) is 0. The number of hydrogen-bond acceptors (Lipinski definition) is 4. The number of rotatable bonds is 6. The van der Waals surface area contributed by atoms with E-state index in [1.807, 2.05) is 44.2 Å². The number of carbonyl (C=O) groups excluding carboxylic acids is 2. The number of hydrogen-bond donors (Lipinski definition) is 0. The minimum atomic E-state index is -0.355. The molecule has 0 aliphatic carbocycles. The number of fused-ring (bicyclic) bond motifs is 1. The van der Waals surface area contributed by atoms with Crippen molar-refractivity contribution in [2.75, 3.05) is 13.2 Å². The van der Waals surface area contributed by atoms with E-state index in [0.717, 1.165) is 16.7 Å². The van der Waals surface area contributed by atoms with Crippen molar-refractivity contribution in [2.24, 2.45) is 5.92 Å². The number of esters is 1. The van der Waals surface area contributed by atoms with Gasteiger partial charge in [0.25, 0.3) is 5.91 Å². The van der Waals surface area contributed by atoms with Gasteiger partial charge < -0.3 is 9.64 Å². The largest absolute Gasteiger partial charge is 0.462 e. The van der Waals surface area contributed by atoms with Crippen LogP contribution in [0.25, 0.3) is 11.1 Å². The number of benzene rings is 2. The third-order valence-corrected chi connectivity index (χ3v) is 4.54. The summed E-state index contributed by atoms with van der Waals surface area (Å²) in [5, 5.41) is 8.96. The van der Waals surface area contributed by atoms with E-state index in [-0.39, 0.29) is 24.3 Å². The molecule has 0 N–H and O–H groups in total. The maximum Gasteiger partial charge on any atom is 0.338 e. The minimum absolute atomic E-state index is 0.110. The molecule has 0 saturated carbocycles. The van der Waals surface area contributed by atoms with Gasteiger partial charge in [-0.25, -0.2) is 4.79 Å². The Morgan fingerprint density at radius 2 is 1.96 bits per heavy atom. The summed E-state index contributed by atoms with van der Waals surface area (Å²) in [7, 11) is 0. The molecule has 1 heterocycles. The van der Waals surface area contributed by atoms with Crippen LogP contribution in [0.3, 0.4) is 0 Å². The van der Waals surface area contributed by atoms with Gasteiger partial charge in [0.15, 0.2) is 0 Å². The van der Waals surface area contributed by atoms with E-state index < -0.39 is 0 Å².